The fraction of sp³-hybridized carbons (Fsp3) is 0.667. The minimum atomic E-state index is -0.237. The Kier molecular flexibility index (Phi) is 3.78. The molecule has 1 aliphatic heterocycles. The van der Waals surface area contributed by atoms with E-state index in [1.807, 2.05) is 0 Å². The first kappa shape index (κ1) is 12.1. The second-order valence-corrected chi connectivity index (χ2v) is 4.62. The van der Waals surface area contributed by atoms with Crippen LogP contribution in [-0.2, 0) is 4.79 Å². The van der Waals surface area contributed by atoms with Crippen LogP contribution in [-0.4, -0.2) is 24.2 Å². The zero-order valence-corrected chi connectivity index (χ0v) is 10.2. The Morgan fingerprint density at radius 2 is 2.35 bits per heavy atom. The number of nitrogens with one attached hydrogen (secondary N) is 2. The summed E-state index contributed by atoms with van der Waals surface area (Å²) in [5.41, 5.74) is -0.237. The lowest BCUT2D eigenvalue weighted by atomic mass is 9.74. The lowest BCUT2D eigenvalue weighted by Crippen LogP contribution is -2.44. The molecule has 2 heterocycles. The zero-order valence-electron chi connectivity index (χ0n) is 10.2. The van der Waals surface area contributed by atoms with Gasteiger partial charge in [0.1, 0.15) is 6.26 Å². The van der Waals surface area contributed by atoms with E-state index in [0.29, 0.717) is 5.82 Å². The molecule has 0 aliphatic carbocycles. The summed E-state index contributed by atoms with van der Waals surface area (Å²) in [5, 5.41) is 9.86. The summed E-state index contributed by atoms with van der Waals surface area (Å²) in [6.45, 7) is 3.94. The maximum atomic E-state index is 12.4. The Hall–Kier alpha value is -1.36. The van der Waals surface area contributed by atoms with Gasteiger partial charge in [-0.1, -0.05) is 18.5 Å². The minimum Gasteiger partial charge on any atom is -0.363 e. The molecule has 17 heavy (non-hydrogen) atoms. The van der Waals surface area contributed by atoms with Gasteiger partial charge < -0.3 is 15.2 Å². The zero-order chi connectivity index (χ0) is 12.1. The number of hydrogen-bond acceptors (Lipinski definition) is 4. The molecule has 1 fully saturated rings. The highest BCUT2D eigenvalue weighted by Gasteiger charge is 2.38. The SMILES string of the molecule is CCCC1(C(=O)Nc2ccon2)CCNCC1. The minimum absolute atomic E-state index is 0.0785. The normalized spacial score (nSPS) is 18.9. The molecule has 2 rings (SSSR count). The maximum absolute atomic E-state index is 12.4. The molecule has 94 valence electrons. The first-order valence-electron chi connectivity index (χ1n) is 6.19. The summed E-state index contributed by atoms with van der Waals surface area (Å²) in [6, 6.07) is 1.67. The van der Waals surface area contributed by atoms with E-state index >= 15 is 0 Å². The van der Waals surface area contributed by atoms with Crippen LogP contribution in [0.5, 0.6) is 0 Å². The third-order valence-corrected chi connectivity index (χ3v) is 3.45. The van der Waals surface area contributed by atoms with Crippen LogP contribution < -0.4 is 10.6 Å². The second-order valence-electron chi connectivity index (χ2n) is 4.62. The number of amides is 1. The monoisotopic (exact) mass is 237 g/mol. The van der Waals surface area contributed by atoms with Crippen molar-refractivity contribution in [2.24, 2.45) is 5.41 Å². The Morgan fingerprint density at radius 3 is 2.94 bits per heavy atom. The summed E-state index contributed by atoms with van der Waals surface area (Å²) in [7, 11) is 0. The van der Waals surface area contributed by atoms with E-state index in [0.717, 1.165) is 38.8 Å². The van der Waals surface area contributed by atoms with Crippen LogP contribution in [0.2, 0.25) is 0 Å². The van der Waals surface area contributed by atoms with Gasteiger partial charge in [0, 0.05) is 6.07 Å². The Balaban J connectivity index is 2.06. The van der Waals surface area contributed by atoms with Crippen LogP contribution in [0.4, 0.5) is 5.82 Å². The molecule has 1 aliphatic rings. The van der Waals surface area contributed by atoms with Crippen molar-refractivity contribution in [2.75, 3.05) is 18.4 Å². The molecular formula is C12H19N3O2. The van der Waals surface area contributed by atoms with E-state index in [9.17, 15) is 4.79 Å². The van der Waals surface area contributed by atoms with Gasteiger partial charge in [-0.25, -0.2) is 0 Å². The van der Waals surface area contributed by atoms with Gasteiger partial charge in [0.05, 0.1) is 5.41 Å². The van der Waals surface area contributed by atoms with Crippen molar-refractivity contribution in [3.63, 3.8) is 0 Å². The van der Waals surface area contributed by atoms with E-state index in [1.54, 1.807) is 6.07 Å². The molecule has 0 bridgehead atoms. The number of anilines is 1. The smallest absolute Gasteiger partial charge is 0.231 e. The van der Waals surface area contributed by atoms with E-state index in [4.69, 9.17) is 4.52 Å². The number of hydrogen-bond donors (Lipinski definition) is 2. The summed E-state index contributed by atoms with van der Waals surface area (Å²) in [6.07, 6.45) is 5.20. The number of rotatable bonds is 4. The van der Waals surface area contributed by atoms with Crippen molar-refractivity contribution >= 4 is 11.7 Å². The van der Waals surface area contributed by atoms with Gasteiger partial charge in [-0.15, -0.1) is 0 Å². The van der Waals surface area contributed by atoms with Crippen molar-refractivity contribution in [1.29, 1.82) is 0 Å². The number of nitrogens with zero attached hydrogens (tertiary/aromatic N) is 1. The van der Waals surface area contributed by atoms with Crippen LogP contribution in [0.3, 0.4) is 0 Å². The third kappa shape index (κ3) is 2.66. The number of piperidine rings is 1. The van der Waals surface area contributed by atoms with E-state index in [1.165, 1.54) is 6.26 Å². The second kappa shape index (κ2) is 5.31. The topological polar surface area (TPSA) is 67.2 Å². The molecule has 5 nitrogen and oxygen atoms in total. The quantitative estimate of drug-likeness (QED) is 0.837. The lowest BCUT2D eigenvalue weighted by molar-refractivity contribution is -0.127. The van der Waals surface area contributed by atoms with E-state index in [2.05, 4.69) is 22.7 Å². The van der Waals surface area contributed by atoms with Crippen LogP contribution in [0.25, 0.3) is 0 Å². The fourth-order valence-corrected chi connectivity index (χ4v) is 2.50. The first-order chi connectivity index (χ1) is 8.27. The molecular weight excluding hydrogens is 218 g/mol. The average molecular weight is 237 g/mol. The Labute approximate surface area is 101 Å². The van der Waals surface area contributed by atoms with E-state index < -0.39 is 0 Å². The average Bonchev–Trinajstić information content (AvgIpc) is 2.83. The van der Waals surface area contributed by atoms with Crippen LogP contribution in [0, 0.1) is 5.41 Å². The highest BCUT2D eigenvalue weighted by molar-refractivity contribution is 5.94. The molecule has 2 N–H and O–H groups in total. The maximum Gasteiger partial charge on any atom is 0.231 e. The first-order valence-corrected chi connectivity index (χ1v) is 6.19. The Bertz CT molecular complexity index is 350. The lowest BCUT2D eigenvalue weighted by Gasteiger charge is -2.35. The number of carbonyl (C=O) groups excluding carboxylic acids is 1. The van der Waals surface area contributed by atoms with Crippen LogP contribution in [0.15, 0.2) is 16.9 Å². The molecule has 1 amide bonds. The molecule has 5 heteroatoms. The molecule has 0 radical (unpaired) electrons. The van der Waals surface area contributed by atoms with Crippen molar-refractivity contribution in [1.82, 2.24) is 10.5 Å². The van der Waals surface area contributed by atoms with Crippen LogP contribution in [0.1, 0.15) is 32.6 Å². The molecule has 0 atom stereocenters. The highest BCUT2D eigenvalue weighted by atomic mass is 16.5. The van der Waals surface area contributed by atoms with Gasteiger partial charge in [0.25, 0.3) is 0 Å². The molecule has 0 aromatic carbocycles. The highest BCUT2D eigenvalue weighted by Crippen LogP contribution is 2.35. The fourth-order valence-electron chi connectivity index (χ4n) is 2.50. The molecule has 0 unspecified atom stereocenters. The molecule has 0 saturated carbocycles. The number of carbonyl (C=O) groups is 1. The summed E-state index contributed by atoms with van der Waals surface area (Å²) in [4.78, 5) is 12.4. The largest absolute Gasteiger partial charge is 0.363 e. The summed E-state index contributed by atoms with van der Waals surface area (Å²) < 4.78 is 4.72. The summed E-state index contributed by atoms with van der Waals surface area (Å²) >= 11 is 0. The Morgan fingerprint density at radius 1 is 1.59 bits per heavy atom. The van der Waals surface area contributed by atoms with Crippen molar-refractivity contribution in [3.05, 3.63) is 12.3 Å². The van der Waals surface area contributed by atoms with E-state index in [-0.39, 0.29) is 11.3 Å². The van der Waals surface area contributed by atoms with Gasteiger partial charge in [0.15, 0.2) is 5.82 Å². The predicted molar refractivity (Wildman–Crippen MR) is 64.6 cm³/mol. The van der Waals surface area contributed by atoms with Crippen molar-refractivity contribution in [2.45, 2.75) is 32.6 Å². The molecule has 0 spiro atoms. The molecule has 1 aromatic heterocycles. The van der Waals surface area contributed by atoms with Gasteiger partial charge in [-0.05, 0) is 32.4 Å². The standard InChI is InChI=1S/C12H19N3O2/c1-2-4-12(5-7-13-8-6-12)11(16)14-10-3-9-17-15-10/h3,9,13H,2,4-8H2,1H3,(H,14,15,16). The van der Waals surface area contributed by atoms with Gasteiger partial charge in [-0.2, -0.15) is 0 Å². The van der Waals surface area contributed by atoms with Gasteiger partial charge in [-0.3, -0.25) is 4.79 Å². The third-order valence-electron chi connectivity index (χ3n) is 3.45. The molecule has 1 aromatic rings. The number of aromatic nitrogens is 1. The van der Waals surface area contributed by atoms with Crippen LogP contribution >= 0.6 is 0 Å². The predicted octanol–water partition coefficient (Wildman–Crippen LogP) is 1.78. The van der Waals surface area contributed by atoms with Crippen molar-refractivity contribution in [3.8, 4) is 0 Å². The summed E-state index contributed by atoms with van der Waals surface area (Å²) in [5.74, 6) is 0.582. The van der Waals surface area contributed by atoms with Gasteiger partial charge in [0.2, 0.25) is 5.91 Å². The van der Waals surface area contributed by atoms with Gasteiger partial charge >= 0.3 is 0 Å². The van der Waals surface area contributed by atoms with Crippen molar-refractivity contribution < 1.29 is 9.32 Å². The molecule has 1 saturated heterocycles.